The summed E-state index contributed by atoms with van der Waals surface area (Å²) in [5, 5.41) is 0.388. The molecule has 0 heterocycles. The monoisotopic (exact) mass is 306 g/mol. The second kappa shape index (κ2) is 6.50. The van der Waals surface area contributed by atoms with E-state index in [2.05, 4.69) is 0 Å². The SMILES string of the molecule is COc1ccc(C(=O)c2ccccc2Cl)c(OC)c1OC. The lowest BCUT2D eigenvalue weighted by Crippen LogP contribution is -2.06. The molecule has 110 valence electrons. The van der Waals surface area contributed by atoms with Gasteiger partial charge in [0.25, 0.3) is 0 Å². The largest absolute Gasteiger partial charge is 0.493 e. The molecule has 4 nitrogen and oxygen atoms in total. The molecule has 0 unspecified atom stereocenters. The van der Waals surface area contributed by atoms with Crippen LogP contribution < -0.4 is 14.2 Å². The fourth-order valence-corrected chi connectivity index (χ4v) is 2.29. The van der Waals surface area contributed by atoms with Gasteiger partial charge >= 0.3 is 0 Å². The van der Waals surface area contributed by atoms with E-state index in [0.29, 0.717) is 33.4 Å². The van der Waals surface area contributed by atoms with E-state index in [1.165, 1.54) is 21.3 Å². The molecule has 0 N–H and O–H groups in total. The number of carbonyl (C=O) groups is 1. The standard InChI is InChI=1S/C16H15ClO4/c1-19-13-9-8-11(15(20-2)16(13)21-3)14(18)10-6-4-5-7-12(10)17/h4-9H,1-3H3. The zero-order valence-electron chi connectivity index (χ0n) is 12.0. The molecule has 0 radical (unpaired) electrons. The van der Waals surface area contributed by atoms with E-state index in [-0.39, 0.29) is 5.78 Å². The van der Waals surface area contributed by atoms with Gasteiger partial charge in [0.1, 0.15) is 0 Å². The van der Waals surface area contributed by atoms with Gasteiger partial charge in [0.15, 0.2) is 17.3 Å². The summed E-state index contributed by atoms with van der Waals surface area (Å²) in [4.78, 5) is 12.7. The van der Waals surface area contributed by atoms with Crippen molar-refractivity contribution in [1.29, 1.82) is 0 Å². The first-order chi connectivity index (χ1) is 10.1. The van der Waals surface area contributed by atoms with E-state index >= 15 is 0 Å². The molecule has 0 saturated heterocycles. The molecule has 0 fully saturated rings. The first-order valence-electron chi connectivity index (χ1n) is 6.22. The third kappa shape index (κ3) is 2.81. The minimum absolute atomic E-state index is 0.238. The summed E-state index contributed by atoms with van der Waals surface area (Å²) < 4.78 is 15.8. The molecule has 2 aromatic carbocycles. The number of ketones is 1. The van der Waals surface area contributed by atoms with Gasteiger partial charge in [0, 0.05) is 5.56 Å². The number of hydrogen-bond acceptors (Lipinski definition) is 4. The van der Waals surface area contributed by atoms with E-state index < -0.39 is 0 Å². The quantitative estimate of drug-likeness (QED) is 0.792. The highest BCUT2D eigenvalue weighted by Gasteiger charge is 2.22. The minimum Gasteiger partial charge on any atom is -0.493 e. The molecule has 0 spiro atoms. The third-order valence-corrected chi connectivity index (χ3v) is 3.40. The number of ether oxygens (including phenoxy) is 3. The van der Waals surface area contributed by atoms with E-state index in [9.17, 15) is 4.79 Å². The summed E-state index contributed by atoms with van der Waals surface area (Å²) in [6.45, 7) is 0. The van der Waals surface area contributed by atoms with Gasteiger partial charge < -0.3 is 14.2 Å². The molecule has 0 bridgehead atoms. The Morgan fingerprint density at radius 2 is 1.52 bits per heavy atom. The highest BCUT2D eigenvalue weighted by atomic mass is 35.5. The Bertz CT molecular complexity index is 667. The summed E-state index contributed by atoms with van der Waals surface area (Å²) in [5.41, 5.74) is 0.771. The van der Waals surface area contributed by atoms with Crippen LogP contribution in [0, 0.1) is 0 Å². The maximum atomic E-state index is 12.7. The third-order valence-electron chi connectivity index (χ3n) is 3.07. The molecule has 0 atom stereocenters. The molecule has 0 saturated carbocycles. The molecule has 0 aromatic heterocycles. The van der Waals surface area contributed by atoms with Crippen molar-refractivity contribution in [1.82, 2.24) is 0 Å². The lowest BCUT2D eigenvalue weighted by molar-refractivity contribution is 0.103. The predicted molar refractivity (Wildman–Crippen MR) is 81.0 cm³/mol. The summed E-state index contributed by atoms with van der Waals surface area (Å²) in [6, 6.07) is 10.2. The topological polar surface area (TPSA) is 44.8 Å². The normalized spacial score (nSPS) is 10.1. The Labute approximate surface area is 128 Å². The number of halogens is 1. The highest BCUT2D eigenvalue weighted by Crippen LogP contribution is 2.40. The van der Waals surface area contributed by atoms with Crippen molar-refractivity contribution in [2.45, 2.75) is 0 Å². The van der Waals surface area contributed by atoms with Crippen LogP contribution in [0.4, 0.5) is 0 Å². The van der Waals surface area contributed by atoms with E-state index in [0.717, 1.165) is 0 Å². The van der Waals surface area contributed by atoms with Crippen LogP contribution in [0.1, 0.15) is 15.9 Å². The molecule has 21 heavy (non-hydrogen) atoms. The maximum absolute atomic E-state index is 12.7. The predicted octanol–water partition coefficient (Wildman–Crippen LogP) is 3.60. The Hall–Kier alpha value is -2.20. The van der Waals surface area contributed by atoms with Crippen LogP contribution in [0.25, 0.3) is 0 Å². The zero-order valence-corrected chi connectivity index (χ0v) is 12.7. The number of benzene rings is 2. The van der Waals surface area contributed by atoms with Crippen molar-refractivity contribution in [3.8, 4) is 17.2 Å². The van der Waals surface area contributed by atoms with Crippen molar-refractivity contribution < 1.29 is 19.0 Å². The average molecular weight is 307 g/mol. The number of hydrogen-bond donors (Lipinski definition) is 0. The lowest BCUT2D eigenvalue weighted by atomic mass is 10.0. The van der Waals surface area contributed by atoms with Gasteiger partial charge in [-0.3, -0.25) is 4.79 Å². The molecule has 5 heteroatoms. The highest BCUT2D eigenvalue weighted by molar-refractivity contribution is 6.35. The lowest BCUT2D eigenvalue weighted by Gasteiger charge is -2.15. The number of methoxy groups -OCH3 is 3. The summed E-state index contributed by atoms with van der Waals surface area (Å²) in [7, 11) is 4.48. The zero-order chi connectivity index (χ0) is 15.4. The van der Waals surface area contributed by atoms with Crippen molar-refractivity contribution in [3.63, 3.8) is 0 Å². The van der Waals surface area contributed by atoms with Gasteiger partial charge in [-0.2, -0.15) is 0 Å². The summed E-state index contributed by atoms with van der Waals surface area (Å²) in [6.07, 6.45) is 0. The molecule has 0 aliphatic rings. The average Bonchev–Trinajstić information content (AvgIpc) is 2.52. The van der Waals surface area contributed by atoms with Crippen molar-refractivity contribution in [2.24, 2.45) is 0 Å². The second-order valence-corrected chi connectivity index (χ2v) is 4.60. The Balaban J connectivity index is 2.59. The van der Waals surface area contributed by atoms with Crippen molar-refractivity contribution in [2.75, 3.05) is 21.3 Å². The minimum atomic E-state index is -0.238. The van der Waals surface area contributed by atoms with Crippen LogP contribution in [0.15, 0.2) is 36.4 Å². The molecule has 0 aliphatic carbocycles. The van der Waals surface area contributed by atoms with Crippen LogP contribution in [-0.2, 0) is 0 Å². The van der Waals surface area contributed by atoms with Crippen LogP contribution >= 0.6 is 11.6 Å². The second-order valence-electron chi connectivity index (χ2n) is 4.19. The Kier molecular flexibility index (Phi) is 4.70. The van der Waals surface area contributed by atoms with Crippen LogP contribution in [-0.4, -0.2) is 27.1 Å². The van der Waals surface area contributed by atoms with Crippen LogP contribution in [0.3, 0.4) is 0 Å². The molecule has 2 aromatic rings. The van der Waals surface area contributed by atoms with E-state index in [4.69, 9.17) is 25.8 Å². The Morgan fingerprint density at radius 1 is 0.857 bits per heavy atom. The van der Waals surface area contributed by atoms with Gasteiger partial charge in [0.2, 0.25) is 5.75 Å². The van der Waals surface area contributed by atoms with Gasteiger partial charge in [-0.1, -0.05) is 23.7 Å². The summed E-state index contributed by atoms with van der Waals surface area (Å²) >= 11 is 6.08. The first kappa shape index (κ1) is 15.2. The van der Waals surface area contributed by atoms with Crippen LogP contribution in [0.5, 0.6) is 17.2 Å². The number of carbonyl (C=O) groups excluding carboxylic acids is 1. The fourth-order valence-electron chi connectivity index (χ4n) is 2.07. The molecule has 0 amide bonds. The first-order valence-corrected chi connectivity index (χ1v) is 6.60. The summed E-state index contributed by atoms with van der Waals surface area (Å²) in [5.74, 6) is 0.947. The molecular formula is C16H15ClO4. The smallest absolute Gasteiger partial charge is 0.204 e. The van der Waals surface area contributed by atoms with Gasteiger partial charge in [-0.05, 0) is 24.3 Å². The van der Waals surface area contributed by atoms with Gasteiger partial charge in [0.05, 0.1) is 31.9 Å². The fraction of sp³-hybridized carbons (Fsp3) is 0.188. The van der Waals surface area contributed by atoms with Gasteiger partial charge in [-0.15, -0.1) is 0 Å². The van der Waals surface area contributed by atoms with Crippen LogP contribution in [0.2, 0.25) is 5.02 Å². The van der Waals surface area contributed by atoms with Gasteiger partial charge in [-0.25, -0.2) is 0 Å². The molecular weight excluding hydrogens is 292 g/mol. The van der Waals surface area contributed by atoms with Crippen molar-refractivity contribution in [3.05, 3.63) is 52.5 Å². The Morgan fingerprint density at radius 3 is 2.10 bits per heavy atom. The molecule has 2 rings (SSSR count). The van der Waals surface area contributed by atoms with Crippen molar-refractivity contribution >= 4 is 17.4 Å². The van der Waals surface area contributed by atoms with E-state index in [1.807, 2.05) is 0 Å². The maximum Gasteiger partial charge on any atom is 0.204 e. The number of rotatable bonds is 5. The van der Waals surface area contributed by atoms with E-state index in [1.54, 1.807) is 36.4 Å². The molecule has 0 aliphatic heterocycles.